The molecule has 1 aromatic carbocycles. The summed E-state index contributed by atoms with van der Waals surface area (Å²) in [7, 11) is 0. The van der Waals surface area contributed by atoms with Gasteiger partial charge in [-0.1, -0.05) is 38.3 Å². The van der Waals surface area contributed by atoms with Crippen molar-refractivity contribution < 1.29 is 4.79 Å². The first kappa shape index (κ1) is 15.0. The standard InChI is InChI=1S/C17H26N2O/c1-3-18-13(2)15-10-7-11-16(12-15)19-17(20)14-8-5-4-6-9-14/h7,10-14,18H,3-6,8-9H2,1-2H3,(H,19,20). The topological polar surface area (TPSA) is 41.1 Å². The third-order valence-electron chi connectivity index (χ3n) is 4.14. The molecule has 3 heteroatoms. The van der Waals surface area contributed by atoms with E-state index in [1.54, 1.807) is 0 Å². The molecule has 1 saturated carbocycles. The number of carbonyl (C=O) groups excluding carboxylic acids is 1. The first-order valence-electron chi connectivity index (χ1n) is 7.85. The summed E-state index contributed by atoms with van der Waals surface area (Å²) in [4.78, 5) is 12.2. The lowest BCUT2D eigenvalue weighted by molar-refractivity contribution is -0.120. The second-order valence-electron chi connectivity index (χ2n) is 5.73. The number of hydrogen-bond acceptors (Lipinski definition) is 2. The minimum absolute atomic E-state index is 0.193. The summed E-state index contributed by atoms with van der Waals surface area (Å²) in [6, 6.07) is 8.48. The molecule has 0 radical (unpaired) electrons. The zero-order valence-electron chi connectivity index (χ0n) is 12.6. The molecule has 2 rings (SSSR count). The Kier molecular flexibility index (Phi) is 5.60. The quantitative estimate of drug-likeness (QED) is 0.855. The number of benzene rings is 1. The number of hydrogen-bond donors (Lipinski definition) is 2. The van der Waals surface area contributed by atoms with Crippen molar-refractivity contribution in [3.8, 4) is 0 Å². The minimum Gasteiger partial charge on any atom is -0.326 e. The lowest BCUT2D eigenvalue weighted by Gasteiger charge is -2.21. The van der Waals surface area contributed by atoms with Crippen LogP contribution in [0.5, 0.6) is 0 Å². The molecule has 2 N–H and O–H groups in total. The summed E-state index contributed by atoms with van der Waals surface area (Å²) < 4.78 is 0. The molecule has 20 heavy (non-hydrogen) atoms. The Morgan fingerprint density at radius 2 is 2.05 bits per heavy atom. The first-order chi connectivity index (χ1) is 9.70. The molecule has 0 aromatic heterocycles. The lowest BCUT2D eigenvalue weighted by atomic mass is 9.88. The highest BCUT2D eigenvalue weighted by Gasteiger charge is 2.21. The van der Waals surface area contributed by atoms with Gasteiger partial charge in [0.15, 0.2) is 0 Å². The van der Waals surface area contributed by atoms with Crippen molar-refractivity contribution in [3.05, 3.63) is 29.8 Å². The number of rotatable bonds is 5. The van der Waals surface area contributed by atoms with Crippen molar-refractivity contribution >= 4 is 11.6 Å². The van der Waals surface area contributed by atoms with Crippen LogP contribution in [-0.4, -0.2) is 12.5 Å². The van der Waals surface area contributed by atoms with Crippen LogP contribution < -0.4 is 10.6 Å². The van der Waals surface area contributed by atoms with E-state index in [9.17, 15) is 4.79 Å². The molecule has 0 aliphatic heterocycles. The van der Waals surface area contributed by atoms with Gasteiger partial charge < -0.3 is 10.6 Å². The Morgan fingerprint density at radius 3 is 2.75 bits per heavy atom. The van der Waals surface area contributed by atoms with E-state index in [2.05, 4.69) is 36.6 Å². The van der Waals surface area contributed by atoms with Crippen molar-refractivity contribution in [2.24, 2.45) is 5.92 Å². The van der Waals surface area contributed by atoms with Crippen molar-refractivity contribution in [2.75, 3.05) is 11.9 Å². The van der Waals surface area contributed by atoms with Crippen LogP contribution in [0.2, 0.25) is 0 Å². The fraction of sp³-hybridized carbons (Fsp3) is 0.588. The maximum absolute atomic E-state index is 12.2. The monoisotopic (exact) mass is 274 g/mol. The first-order valence-corrected chi connectivity index (χ1v) is 7.85. The number of nitrogens with one attached hydrogen (secondary N) is 2. The van der Waals surface area contributed by atoms with E-state index < -0.39 is 0 Å². The van der Waals surface area contributed by atoms with Crippen LogP contribution in [0.3, 0.4) is 0 Å². The van der Waals surface area contributed by atoms with E-state index in [0.29, 0.717) is 6.04 Å². The van der Waals surface area contributed by atoms with E-state index in [1.807, 2.05) is 12.1 Å². The number of amides is 1. The molecule has 0 bridgehead atoms. The maximum Gasteiger partial charge on any atom is 0.227 e. The highest BCUT2D eigenvalue weighted by atomic mass is 16.1. The van der Waals surface area contributed by atoms with E-state index in [4.69, 9.17) is 0 Å². The van der Waals surface area contributed by atoms with Gasteiger partial charge in [-0.2, -0.15) is 0 Å². The van der Waals surface area contributed by atoms with Gasteiger partial charge in [-0.25, -0.2) is 0 Å². The van der Waals surface area contributed by atoms with Gasteiger partial charge >= 0.3 is 0 Å². The Bertz CT molecular complexity index is 438. The van der Waals surface area contributed by atoms with Gasteiger partial charge in [0.1, 0.15) is 0 Å². The molecule has 1 aliphatic carbocycles. The van der Waals surface area contributed by atoms with Crippen molar-refractivity contribution in [1.82, 2.24) is 5.32 Å². The number of anilines is 1. The smallest absolute Gasteiger partial charge is 0.227 e. The molecule has 1 amide bonds. The lowest BCUT2D eigenvalue weighted by Crippen LogP contribution is -2.25. The van der Waals surface area contributed by atoms with Crippen LogP contribution in [0.4, 0.5) is 5.69 Å². The van der Waals surface area contributed by atoms with E-state index in [1.165, 1.54) is 24.8 Å². The summed E-state index contributed by atoms with van der Waals surface area (Å²) in [5, 5.41) is 6.48. The molecule has 1 atom stereocenters. The normalized spacial score (nSPS) is 17.7. The molecule has 1 aliphatic rings. The van der Waals surface area contributed by atoms with Crippen LogP contribution >= 0.6 is 0 Å². The molecular weight excluding hydrogens is 248 g/mol. The second-order valence-corrected chi connectivity index (χ2v) is 5.73. The van der Waals surface area contributed by atoms with Crippen LogP contribution in [0.1, 0.15) is 57.6 Å². The van der Waals surface area contributed by atoms with E-state index in [-0.39, 0.29) is 11.8 Å². The molecule has 1 aromatic rings. The molecular formula is C17H26N2O. The van der Waals surface area contributed by atoms with Crippen molar-refractivity contribution in [3.63, 3.8) is 0 Å². The fourth-order valence-corrected chi connectivity index (χ4v) is 2.92. The van der Waals surface area contributed by atoms with E-state index in [0.717, 1.165) is 25.1 Å². The molecule has 3 nitrogen and oxygen atoms in total. The second kappa shape index (κ2) is 7.44. The van der Waals surface area contributed by atoms with Gasteiger partial charge in [0, 0.05) is 17.6 Å². The maximum atomic E-state index is 12.2. The molecule has 1 unspecified atom stereocenters. The average Bonchev–Trinajstić information content (AvgIpc) is 2.48. The van der Waals surface area contributed by atoms with Gasteiger partial charge in [0.2, 0.25) is 5.91 Å². The Balaban J connectivity index is 1.98. The van der Waals surface area contributed by atoms with Crippen LogP contribution in [-0.2, 0) is 4.79 Å². The summed E-state index contributed by atoms with van der Waals surface area (Å²) >= 11 is 0. The van der Waals surface area contributed by atoms with Gasteiger partial charge in [-0.15, -0.1) is 0 Å². The fourth-order valence-electron chi connectivity index (χ4n) is 2.92. The predicted octanol–water partition coefficient (Wildman–Crippen LogP) is 3.88. The third-order valence-corrected chi connectivity index (χ3v) is 4.14. The van der Waals surface area contributed by atoms with Crippen molar-refractivity contribution in [1.29, 1.82) is 0 Å². The molecule has 1 fully saturated rings. The largest absolute Gasteiger partial charge is 0.326 e. The SMILES string of the molecule is CCNC(C)c1cccc(NC(=O)C2CCCCC2)c1. The zero-order chi connectivity index (χ0) is 14.4. The summed E-state index contributed by atoms with van der Waals surface area (Å²) in [5.41, 5.74) is 2.14. The summed E-state index contributed by atoms with van der Waals surface area (Å²) in [6.45, 7) is 5.19. The zero-order valence-corrected chi connectivity index (χ0v) is 12.6. The molecule has 0 saturated heterocycles. The Hall–Kier alpha value is -1.35. The van der Waals surface area contributed by atoms with E-state index >= 15 is 0 Å². The predicted molar refractivity (Wildman–Crippen MR) is 83.7 cm³/mol. The molecule has 0 spiro atoms. The summed E-state index contributed by atoms with van der Waals surface area (Å²) in [6.07, 6.45) is 5.74. The van der Waals surface area contributed by atoms with Gasteiger partial charge in [-0.05, 0) is 44.0 Å². The Morgan fingerprint density at radius 1 is 1.30 bits per heavy atom. The number of carbonyl (C=O) groups is 1. The van der Waals surface area contributed by atoms with Crippen LogP contribution in [0, 0.1) is 5.92 Å². The molecule has 0 heterocycles. The average molecular weight is 274 g/mol. The summed E-state index contributed by atoms with van der Waals surface area (Å²) in [5.74, 6) is 0.400. The highest BCUT2D eigenvalue weighted by Crippen LogP contribution is 2.25. The minimum atomic E-state index is 0.193. The van der Waals surface area contributed by atoms with Crippen LogP contribution in [0.25, 0.3) is 0 Å². The highest BCUT2D eigenvalue weighted by molar-refractivity contribution is 5.92. The van der Waals surface area contributed by atoms with Crippen molar-refractivity contribution in [2.45, 2.75) is 52.0 Å². The molecule has 110 valence electrons. The Labute approximate surface area is 122 Å². The van der Waals surface area contributed by atoms with Gasteiger partial charge in [-0.3, -0.25) is 4.79 Å². The van der Waals surface area contributed by atoms with Gasteiger partial charge in [0.25, 0.3) is 0 Å². The van der Waals surface area contributed by atoms with Gasteiger partial charge in [0.05, 0.1) is 0 Å². The third kappa shape index (κ3) is 4.07. The van der Waals surface area contributed by atoms with Crippen LogP contribution in [0.15, 0.2) is 24.3 Å².